The number of aryl methyl sites for hydroxylation is 1. The fraction of sp³-hybridized carbons (Fsp3) is 0.200. The number of pyridine rings is 1. The molecule has 0 saturated carbocycles. The van der Waals surface area contributed by atoms with Crippen LogP contribution in [0.3, 0.4) is 0 Å². The molecule has 0 bridgehead atoms. The summed E-state index contributed by atoms with van der Waals surface area (Å²) < 4.78 is 12.1. The summed E-state index contributed by atoms with van der Waals surface area (Å²) in [4.78, 5) is 17.1. The van der Waals surface area contributed by atoms with E-state index in [2.05, 4.69) is 0 Å². The summed E-state index contributed by atoms with van der Waals surface area (Å²) in [6, 6.07) is 20.6. The molecule has 2 aromatic carbocycles. The highest BCUT2D eigenvalue weighted by molar-refractivity contribution is 5.92. The number of ether oxygens (including phenoxy) is 2. The average Bonchev–Trinajstić information content (AvgIpc) is 3.21. The van der Waals surface area contributed by atoms with Crippen molar-refractivity contribution in [2.45, 2.75) is 18.9 Å². The number of aliphatic hydroxyl groups is 1. The molecule has 4 rings (SSSR count). The Bertz CT molecular complexity index is 1180. The van der Waals surface area contributed by atoms with Gasteiger partial charge in [-0.3, -0.25) is 0 Å². The van der Waals surface area contributed by atoms with Crippen LogP contribution in [0.15, 0.2) is 72.9 Å². The number of aromatic nitrogens is 2. The molecular formula is C25H24N2O4. The van der Waals surface area contributed by atoms with Gasteiger partial charge in [-0.25, -0.2) is 9.78 Å². The molecule has 0 radical (unpaired) electrons. The van der Waals surface area contributed by atoms with Crippen molar-refractivity contribution in [1.29, 1.82) is 0 Å². The third kappa shape index (κ3) is 3.35. The number of hydrogen-bond donors (Lipinski definition) is 1. The quantitative estimate of drug-likeness (QED) is 0.482. The number of methoxy groups -OCH3 is 2. The molecule has 0 saturated heterocycles. The van der Waals surface area contributed by atoms with Crippen LogP contribution >= 0.6 is 0 Å². The summed E-state index contributed by atoms with van der Waals surface area (Å²) in [6.45, 7) is 1.99. The monoisotopic (exact) mass is 416 g/mol. The van der Waals surface area contributed by atoms with E-state index in [9.17, 15) is 9.90 Å². The fourth-order valence-electron chi connectivity index (χ4n) is 3.98. The summed E-state index contributed by atoms with van der Waals surface area (Å²) in [6.07, 6.45) is 2.25. The van der Waals surface area contributed by atoms with Crippen LogP contribution in [0.1, 0.15) is 39.8 Å². The van der Waals surface area contributed by atoms with Gasteiger partial charge in [0.1, 0.15) is 22.7 Å². The molecule has 2 heterocycles. The van der Waals surface area contributed by atoms with Crippen molar-refractivity contribution in [2.75, 3.05) is 14.2 Å². The summed E-state index contributed by atoms with van der Waals surface area (Å²) >= 11 is 0. The van der Waals surface area contributed by atoms with Crippen molar-refractivity contribution in [3.8, 4) is 5.75 Å². The second-order valence-electron chi connectivity index (χ2n) is 7.18. The van der Waals surface area contributed by atoms with E-state index in [4.69, 9.17) is 14.5 Å². The highest BCUT2D eigenvalue weighted by Crippen LogP contribution is 2.39. The second-order valence-corrected chi connectivity index (χ2v) is 7.18. The molecular weight excluding hydrogens is 392 g/mol. The fourth-order valence-corrected chi connectivity index (χ4v) is 3.98. The van der Waals surface area contributed by atoms with Gasteiger partial charge in [-0.1, -0.05) is 67.6 Å². The SMILES string of the molecule is CCc1c(C(O)(c2ccccc2)c2ccccc2)nc2cc(OC)c(C(=O)OC)cn12. The van der Waals surface area contributed by atoms with Crippen LogP contribution in [-0.4, -0.2) is 34.7 Å². The van der Waals surface area contributed by atoms with Crippen LogP contribution in [0.5, 0.6) is 5.75 Å². The van der Waals surface area contributed by atoms with E-state index in [-0.39, 0.29) is 0 Å². The van der Waals surface area contributed by atoms with E-state index >= 15 is 0 Å². The van der Waals surface area contributed by atoms with Crippen molar-refractivity contribution in [2.24, 2.45) is 0 Å². The number of benzene rings is 2. The number of hydrogen-bond acceptors (Lipinski definition) is 5. The molecule has 0 amide bonds. The van der Waals surface area contributed by atoms with Gasteiger partial charge < -0.3 is 19.0 Å². The van der Waals surface area contributed by atoms with Crippen molar-refractivity contribution >= 4 is 11.6 Å². The predicted molar refractivity (Wildman–Crippen MR) is 117 cm³/mol. The molecule has 158 valence electrons. The average molecular weight is 416 g/mol. The van der Waals surface area contributed by atoms with Gasteiger partial charge >= 0.3 is 5.97 Å². The van der Waals surface area contributed by atoms with Crippen LogP contribution in [0.25, 0.3) is 5.65 Å². The topological polar surface area (TPSA) is 73.1 Å². The first-order valence-electron chi connectivity index (χ1n) is 10.1. The van der Waals surface area contributed by atoms with Crippen LogP contribution in [0, 0.1) is 0 Å². The second kappa shape index (κ2) is 8.24. The van der Waals surface area contributed by atoms with Gasteiger partial charge in [0.15, 0.2) is 5.60 Å². The number of esters is 1. The first-order valence-corrected chi connectivity index (χ1v) is 10.1. The number of carbonyl (C=O) groups excluding carboxylic acids is 1. The van der Waals surface area contributed by atoms with Crippen LogP contribution in [-0.2, 0) is 16.8 Å². The van der Waals surface area contributed by atoms with Gasteiger partial charge in [0, 0.05) is 18.0 Å². The van der Waals surface area contributed by atoms with Crippen molar-refractivity contribution in [1.82, 2.24) is 9.38 Å². The Morgan fingerprint density at radius 1 is 1.03 bits per heavy atom. The standard InChI is InChI=1S/C25H24N2O4/c1-4-20-23(26-22-15-21(30-2)19(16-27(20)22)24(28)31-3)25(29,17-11-7-5-8-12-17)18-13-9-6-10-14-18/h5-16,29H,4H2,1-3H3. The van der Waals surface area contributed by atoms with Gasteiger partial charge in [-0.05, 0) is 17.5 Å². The Kier molecular flexibility index (Phi) is 5.48. The number of carbonyl (C=O) groups is 1. The lowest BCUT2D eigenvalue weighted by Gasteiger charge is -2.29. The maximum absolute atomic E-state index is 12.3. The largest absolute Gasteiger partial charge is 0.496 e. The van der Waals surface area contributed by atoms with E-state index in [1.807, 2.05) is 72.0 Å². The summed E-state index contributed by atoms with van der Waals surface area (Å²) in [5.74, 6) is -0.140. The highest BCUT2D eigenvalue weighted by Gasteiger charge is 2.39. The Morgan fingerprint density at radius 2 is 1.61 bits per heavy atom. The zero-order valence-electron chi connectivity index (χ0n) is 17.7. The van der Waals surface area contributed by atoms with E-state index in [0.717, 1.165) is 5.69 Å². The van der Waals surface area contributed by atoms with Crippen molar-refractivity contribution in [3.63, 3.8) is 0 Å². The molecule has 0 unspecified atom stereocenters. The first-order chi connectivity index (χ1) is 15.0. The lowest BCUT2D eigenvalue weighted by molar-refractivity contribution is 0.0596. The molecule has 6 nitrogen and oxygen atoms in total. The van der Waals surface area contributed by atoms with E-state index in [1.165, 1.54) is 14.2 Å². The number of fused-ring (bicyclic) bond motifs is 1. The minimum Gasteiger partial charge on any atom is -0.496 e. The number of nitrogens with zero attached hydrogens (tertiary/aromatic N) is 2. The first kappa shape index (κ1) is 20.6. The Morgan fingerprint density at radius 3 is 2.10 bits per heavy atom. The van der Waals surface area contributed by atoms with Crippen LogP contribution in [0.4, 0.5) is 0 Å². The maximum Gasteiger partial charge on any atom is 0.343 e. The Labute approximate surface area is 180 Å². The lowest BCUT2D eigenvalue weighted by atomic mass is 9.82. The van der Waals surface area contributed by atoms with Crippen LogP contribution < -0.4 is 4.74 Å². The van der Waals surface area contributed by atoms with Gasteiger partial charge in [-0.15, -0.1) is 0 Å². The minimum atomic E-state index is -1.47. The Balaban J connectivity index is 2.05. The molecule has 4 aromatic rings. The van der Waals surface area contributed by atoms with Gasteiger partial charge in [0.2, 0.25) is 0 Å². The number of imidazole rings is 1. The molecule has 0 spiro atoms. The lowest BCUT2D eigenvalue weighted by Crippen LogP contribution is -2.30. The van der Waals surface area contributed by atoms with E-state index in [1.54, 1.807) is 12.3 Å². The molecule has 0 aliphatic carbocycles. The molecule has 0 aliphatic rings. The smallest absolute Gasteiger partial charge is 0.343 e. The molecule has 0 fully saturated rings. The third-order valence-corrected chi connectivity index (χ3v) is 5.51. The highest BCUT2D eigenvalue weighted by atomic mass is 16.5. The molecule has 0 atom stereocenters. The number of rotatable bonds is 6. The zero-order chi connectivity index (χ0) is 22.0. The molecule has 6 heteroatoms. The van der Waals surface area contributed by atoms with Crippen LogP contribution in [0.2, 0.25) is 0 Å². The van der Waals surface area contributed by atoms with E-state index in [0.29, 0.717) is 40.2 Å². The minimum absolute atomic E-state index is 0.291. The normalized spacial score (nSPS) is 11.5. The summed E-state index contributed by atoms with van der Waals surface area (Å²) in [5, 5.41) is 12.2. The van der Waals surface area contributed by atoms with Crippen molar-refractivity contribution in [3.05, 3.63) is 101 Å². The molecule has 1 N–H and O–H groups in total. The summed E-state index contributed by atoms with van der Waals surface area (Å²) in [7, 11) is 2.82. The molecule has 31 heavy (non-hydrogen) atoms. The molecule has 2 aromatic heterocycles. The van der Waals surface area contributed by atoms with E-state index < -0.39 is 11.6 Å². The van der Waals surface area contributed by atoms with Crippen molar-refractivity contribution < 1.29 is 19.4 Å². The maximum atomic E-state index is 12.3. The van der Waals surface area contributed by atoms with Gasteiger partial charge in [0.25, 0.3) is 0 Å². The zero-order valence-corrected chi connectivity index (χ0v) is 17.7. The Hall–Kier alpha value is -3.64. The summed E-state index contributed by atoms with van der Waals surface area (Å²) in [5.41, 5.74) is 2.10. The van der Waals surface area contributed by atoms with Gasteiger partial charge in [0.05, 0.1) is 14.2 Å². The third-order valence-electron chi connectivity index (χ3n) is 5.51. The molecule has 0 aliphatic heterocycles. The predicted octanol–water partition coefficient (Wildman–Crippen LogP) is 3.98. The van der Waals surface area contributed by atoms with Gasteiger partial charge in [-0.2, -0.15) is 0 Å².